The largest absolute Gasteiger partial charge is 0.349 e. The fourth-order valence-electron chi connectivity index (χ4n) is 2.06. The molecular weight excluding hydrogens is 268 g/mol. The van der Waals surface area contributed by atoms with Crippen molar-refractivity contribution in [3.8, 4) is 0 Å². The standard InChI is InChI=1S/C10H16N6O2S/c1-6-5-15(3-4-19-6)9-8(16(17)18)7(2)12-10(13-9)14-11/h6H,3-5,11H2,1-2H3,(H,12,13,14). The zero-order valence-electron chi connectivity index (χ0n) is 10.8. The summed E-state index contributed by atoms with van der Waals surface area (Å²) in [6, 6.07) is 0. The molecule has 1 atom stereocenters. The minimum atomic E-state index is -0.433. The third-order valence-corrected chi connectivity index (χ3v) is 4.03. The molecule has 0 amide bonds. The zero-order valence-corrected chi connectivity index (χ0v) is 11.6. The van der Waals surface area contributed by atoms with E-state index in [-0.39, 0.29) is 11.6 Å². The van der Waals surface area contributed by atoms with E-state index < -0.39 is 4.92 Å². The van der Waals surface area contributed by atoms with Gasteiger partial charge in [0.1, 0.15) is 5.69 Å². The van der Waals surface area contributed by atoms with Crippen LogP contribution in [0.2, 0.25) is 0 Å². The first-order valence-electron chi connectivity index (χ1n) is 5.89. The molecule has 2 rings (SSSR count). The number of nitrogens with two attached hydrogens (primary N) is 1. The summed E-state index contributed by atoms with van der Waals surface area (Å²) >= 11 is 1.85. The van der Waals surface area contributed by atoms with Crippen LogP contribution in [0.3, 0.4) is 0 Å². The number of nitrogens with zero attached hydrogens (tertiary/aromatic N) is 4. The highest BCUT2D eigenvalue weighted by atomic mass is 32.2. The van der Waals surface area contributed by atoms with Gasteiger partial charge >= 0.3 is 5.69 Å². The summed E-state index contributed by atoms with van der Waals surface area (Å²) < 4.78 is 0. The molecule has 0 spiro atoms. The topological polar surface area (TPSA) is 110 Å². The molecule has 9 heteroatoms. The molecule has 1 saturated heterocycles. The molecule has 1 fully saturated rings. The van der Waals surface area contributed by atoms with Gasteiger partial charge in [0, 0.05) is 24.1 Å². The van der Waals surface area contributed by atoms with Crippen LogP contribution >= 0.6 is 11.8 Å². The maximum atomic E-state index is 11.2. The van der Waals surface area contributed by atoms with Crippen molar-refractivity contribution in [3.05, 3.63) is 15.8 Å². The predicted molar refractivity (Wildman–Crippen MR) is 75.4 cm³/mol. The van der Waals surface area contributed by atoms with Gasteiger partial charge in [-0.3, -0.25) is 15.5 Å². The normalized spacial score (nSPS) is 19.3. The third-order valence-electron chi connectivity index (χ3n) is 2.89. The molecule has 0 bridgehead atoms. The van der Waals surface area contributed by atoms with Gasteiger partial charge in [0.2, 0.25) is 11.8 Å². The smallest absolute Gasteiger partial charge is 0.332 e. The molecule has 1 aliphatic rings. The third kappa shape index (κ3) is 2.87. The Morgan fingerprint density at radius 1 is 1.58 bits per heavy atom. The molecule has 0 radical (unpaired) electrons. The van der Waals surface area contributed by atoms with Gasteiger partial charge in [0.15, 0.2) is 0 Å². The van der Waals surface area contributed by atoms with Crippen LogP contribution in [0, 0.1) is 17.0 Å². The number of aryl methyl sites for hydroxylation is 1. The second kappa shape index (κ2) is 5.57. The highest BCUT2D eigenvalue weighted by Gasteiger charge is 2.29. The van der Waals surface area contributed by atoms with Gasteiger partial charge in [-0.1, -0.05) is 6.92 Å². The zero-order chi connectivity index (χ0) is 14.0. The molecule has 2 heterocycles. The number of nitrogen functional groups attached to an aromatic ring is 1. The van der Waals surface area contributed by atoms with Gasteiger partial charge in [-0.2, -0.15) is 16.7 Å². The number of aromatic nitrogens is 2. The van der Waals surface area contributed by atoms with Crippen molar-refractivity contribution in [2.75, 3.05) is 29.2 Å². The molecule has 0 aromatic carbocycles. The van der Waals surface area contributed by atoms with E-state index in [9.17, 15) is 10.1 Å². The molecule has 1 aromatic rings. The molecule has 8 nitrogen and oxygen atoms in total. The summed E-state index contributed by atoms with van der Waals surface area (Å²) in [4.78, 5) is 20.8. The Morgan fingerprint density at radius 2 is 2.32 bits per heavy atom. The molecular formula is C10H16N6O2S. The van der Waals surface area contributed by atoms with Crippen LogP contribution in [-0.2, 0) is 0 Å². The molecule has 1 aliphatic heterocycles. The van der Waals surface area contributed by atoms with Gasteiger partial charge in [0.25, 0.3) is 0 Å². The van der Waals surface area contributed by atoms with Crippen LogP contribution in [0.1, 0.15) is 12.6 Å². The van der Waals surface area contributed by atoms with Gasteiger partial charge in [-0.15, -0.1) is 0 Å². The van der Waals surface area contributed by atoms with Crippen LogP contribution in [-0.4, -0.2) is 39.0 Å². The lowest BCUT2D eigenvalue weighted by Crippen LogP contribution is -2.38. The summed E-state index contributed by atoms with van der Waals surface area (Å²) in [5.41, 5.74) is 2.62. The van der Waals surface area contributed by atoms with Crippen molar-refractivity contribution in [1.82, 2.24) is 9.97 Å². The highest BCUT2D eigenvalue weighted by Crippen LogP contribution is 2.32. The van der Waals surface area contributed by atoms with Crippen molar-refractivity contribution in [2.45, 2.75) is 19.1 Å². The fraction of sp³-hybridized carbons (Fsp3) is 0.600. The van der Waals surface area contributed by atoms with Crippen LogP contribution in [0.15, 0.2) is 0 Å². The van der Waals surface area contributed by atoms with E-state index >= 15 is 0 Å². The maximum absolute atomic E-state index is 11.2. The Balaban J connectivity index is 2.46. The minimum Gasteiger partial charge on any atom is -0.349 e. The second-order valence-corrected chi connectivity index (χ2v) is 5.88. The van der Waals surface area contributed by atoms with Crippen molar-refractivity contribution in [1.29, 1.82) is 0 Å². The number of thioether (sulfide) groups is 1. The number of hydrogen-bond donors (Lipinski definition) is 2. The van der Waals surface area contributed by atoms with Gasteiger partial charge in [-0.25, -0.2) is 10.8 Å². The summed E-state index contributed by atoms with van der Waals surface area (Å²) in [6.07, 6.45) is 0. The number of anilines is 2. The first-order chi connectivity index (χ1) is 9.02. The Hall–Kier alpha value is -1.61. The lowest BCUT2D eigenvalue weighted by molar-refractivity contribution is -0.385. The molecule has 1 aromatic heterocycles. The van der Waals surface area contributed by atoms with E-state index in [1.165, 1.54) is 0 Å². The summed E-state index contributed by atoms with van der Waals surface area (Å²) in [6.45, 7) is 5.15. The molecule has 1 unspecified atom stereocenters. The average Bonchev–Trinajstić information content (AvgIpc) is 2.37. The maximum Gasteiger partial charge on any atom is 0.332 e. The number of hydrogen-bond acceptors (Lipinski definition) is 8. The van der Waals surface area contributed by atoms with Gasteiger partial charge in [-0.05, 0) is 6.92 Å². The highest BCUT2D eigenvalue weighted by molar-refractivity contribution is 8.00. The van der Waals surface area contributed by atoms with E-state index in [4.69, 9.17) is 5.84 Å². The van der Waals surface area contributed by atoms with Crippen molar-refractivity contribution < 1.29 is 4.92 Å². The van der Waals surface area contributed by atoms with Crippen LogP contribution in [0.25, 0.3) is 0 Å². The van der Waals surface area contributed by atoms with Crippen LogP contribution in [0.4, 0.5) is 17.5 Å². The first kappa shape index (κ1) is 13.8. The van der Waals surface area contributed by atoms with Crippen molar-refractivity contribution in [2.24, 2.45) is 5.84 Å². The van der Waals surface area contributed by atoms with E-state index in [1.807, 2.05) is 16.7 Å². The summed E-state index contributed by atoms with van der Waals surface area (Å²) in [5.74, 6) is 6.77. The molecule has 104 valence electrons. The van der Waals surface area contributed by atoms with E-state index in [1.54, 1.807) is 6.92 Å². The Kier molecular flexibility index (Phi) is 4.05. The number of nitro groups is 1. The Morgan fingerprint density at radius 3 is 2.89 bits per heavy atom. The average molecular weight is 284 g/mol. The summed E-state index contributed by atoms with van der Waals surface area (Å²) in [7, 11) is 0. The van der Waals surface area contributed by atoms with Gasteiger partial charge < -0.3 is 4.90 Å². The van der Waals surface area contributed by atoms with Crippen molar-refractivity contribution >= 4 is 29.2 Å². The quantitative estimate of drug-likeness (QED) is 0.479. The van der Waals surface area contributed by atoms with Gasteiger partial charge in [0.05, 0.1) is 4.92 Å². The predicted octanol–water partition coefficient (Wildman–Crippen LogP) is 0.921. The minimum absolute atomic E-state index is 0.0434. The molecule has 19 heavy (non-hydrogen) atoms. The fourth-order valence-corrected chi connectivity index (χ4v) is 3.07. The van der Waals surface area contributed by atoms with E-state index in [0.717, 1.165) is 18.8 Å². The number of rotatable bonds is 3. The Labute approximate surface area is 114 Å². The van der Waals surface area contributed by atoms with E-state index in [2.05, 4.69) is 22.3 Å². The van der Waals surface area contributed by atoms with Crippen LogP contribution in [0.5, 0.6) is 0 Å². The number of hydrazine groups is 1. The molecule has 0 saturated carbocycles. The van der Waals surface area contributed by atoms with Crippen LogP contribution < -0.4 is 16.2 Å². The number of nitrogens with one attached hydrogen (secondary N) is 1. The first-order valence-corrected chi connectivity index (χ1v) is 6.94. The monoisotopic (exact) mass is 284 g/mol. The molecule has 0 aliphatic carbocycles. The lowest BCUT2D eigenvalue weighted by atomic mass is 10.3. The van der Waals surface area contributed by atoms with E-state index in [0.29, 0.717) is 16.8 Å². The SMILES string of the molecule is Cc1nc(NN)nc(N2CCSC(C)C2)c1[N+](=O)[O-]. The molecule has 3 N–H and O–H groups in total. The lowest BCUT2D eigenvalue weighted by Gasteiger charge is -2.31. The Bertz CT molecular complexity index is 497. The summed E-state index contributed by atoms with van der Waals surface area (Å²) in [5, 5.41) is 11.6. The second-order valence-electron chi connectivity index (χ2n) is 4.33. The van der Waals surface area contributed by atoms with Crippen molar-refractivity contribution in [3.63, 3.8) is 0 Å².